The van der Waals surface area contributed by atoms with Crippen LogP contribution in [0.4, 0.5) is 8.78 Å². The summed E-state index contributed by atoms with van der Waals surface area (Å²) in [6.45, 7) is 3.82. The van der Waals surface area contributed by atoms with E-state index in [0.717, 1.165) is 12.8 Å². The van der Waals surface area contributed by atoms with E-state index in [0.29, 0.717) is 0 Å². The van der Waals surface area contributed by atoms with Crippen molar-refractivity contribution in [1.29, 1.82) is 0 Å². The summed E-state index contributed by atoms with van der Waals surface area (Å²) < 4.78 is 23.4. The van der Waals surface area contributed by atoms with Crippen molar-refractivity contribution in [3.8, 4) is 0 Å². The molecule has 0 fully saturated rings. The number of carbonyl (C=O) groups excluding carboxylic acids is 1. The highest BCUT2D eigenvalue weighted by Gasteiger charge is 2.18. The smallest absolute Gasteiger partial charge is 0.293 e. The Morgan fingerprint density at radius 2 is 1.73 bits per heavy atom. The number of carbonyl (C=O) groups is 1. The third kappa shape index (κ3) is 4.06. The maximum absolute atomic E-state index is 11.7. The normalized spacial score (nSPS) is 11.1. The molecule has 11 heavy (non-hydrogen) atoms. The zero-order valence-electron chi connectivity index (χ0n) is 6.94. The van der Waals surface area contributed by atoms with Gasteiger partial charge in [-0.05, 0) is 5.92 Å². The van der Waals surface area contributed by atoms with Gasteiger partial charge in [0, 0.05) is 6.42 Å². The monoisotopic (exact) mass is 164 g/mol. The van der Waals surface area contributed by atoms with Crippen molar-refractivity contribution in [2.24, 2.45) is 5.92 Å². The lowest BCUT2D eigenvalue weighted by atomic mass is 9.97. The fraction of sp³-hybridized carbons (Fsp3) is 0.875. The Morgan fingerprint density at radius 1 is 1.27 bits per heavy atom. The molecule has 0 aromatic carbocycles. The summed E-state index contributed by atoms with van der Waals surface area (Å²) in [6.07, 6.45) is -1.15. The fourth-order valence-corrected chi connectivity index (χ4v) is 0.951. The molecule has 0 aliphatic heterocycles. The molecule has 66 valence electrons. The Labute approximate surface area is 65.8 Å². The summed E-state index contributed by atoms with van der Waals surface area (Å²) in [7, 11) is 0. The molecule has 0 unspecified atom stereocenters. The van der Waals surface area contributed by atoms with Crippen molar-refractivity contribution in [3.63, 3.8) is 0 Å². The van der Waals surface area contributed by atoms with E-state index in [9.17, 15) is 13.6 Å². The number of Topliss-reactive ketones (excluding diaryl/α,β-unsaturated/α-hetero) is 1. The van der Waals surface area contributed by atoms with E-state index in [-0.39, 0.29) is 12.3 Å². The number of ketones is 1. The Kier molecular flexibility index (Phi) is 4.99. The quantitative estimate of drug-likeness (QED) is 0.610. The third-order valence-electron chi connectivity index (χ3n) is 1.89. The van der Waals surface area contributed by atoms with Gasteiger partial charge in [-0.3, -0.25) is 4.79 Å². The first kappa shape index (κ1) is 10.5. The summed E-state index contributed by atoms with van der Waals surface area (Å²) in [5, 5.41) is 0. The van der Waals surface area contributed by atoms with Crippen LogP contribution in [0.5, 0.6) is 0 Å². The maximum Gasteiger partial charge on any atom is 0.295 e. The second kappa shape index (κ2) is 5.22. The molecule has 3 heteroatoms. The van der Waals surface area contributed by atoms with Gasteiger partial charge in [-0.1, -0.05) is 26.7 Å². The molecular weight excluding hydrogens is 150 g/mol. The number of hydrogen-bond donors (Lipinski definition) is 0. The number of rotatable bonds is 5. The molecule has 0 saturated carbocycles. The van der Waals surface area contributed by atoms with Crippen LogP contribution < -0.4 is 0 Å². The van der Waals surface area contributed by atoms with Crippen molar-refractivity contribution in [2.75, 3.05) is 0 Å². The minimum Gasteiger partial charge on any atom is -0.293 e. The van der Waals surface area contributed by atoms with E-state index in [4.69, 9.17) is 0 Å². The zero-order valence-corrected chi connectivity index (χ0v) is 6.94. The van der Waals surface area contributed by atoms with Crippen molar-refractivity contribution in [2.45, 2.75) is 39.5 Å². The summed E-state index contributed by atoms with van der Waals surface area (Å²) in [6, 6.07) is 0. The lowest BCUT2D eigenvalue weighted by molar-refractivity contribution is -0.130. The van der Waals surface area contributed by atoms with E-state index < -0.39 is 12.2 Å². The van der Waals surface area contributed by atoms with Crippen LogP contribution in [-0.4, -0.2) is 12.2 Å². The van der Waals surface area contributed by atoms with E-state index in [1.807, 2.05) is 13.8 Å². The fourth-order valence-electron chi connectivity index (χ4n) is 0.951. The lowest BCUT2D eigenvalue weighted by Gasteiger charge is -2.09. The zero-order chi connectivity index (χ0) is 8.85. The molecule has 0 spiro atoms. The molecule has 0 aromatic heterocycles. The van der Waals surface area contributed by atoms with Crippen LogP contribution in [0.25, 0.3) is 0 Å². The van der Waals surface area contributed by atoms with Gasteiger partial charge in [-0.15, -0.1) is 0 Å². The molecule has 0 aromatic rings. The Hall–Kier alpha value is -0.470. The van der Waals surface area contributed by atoms with Gasteiger partial charge in [0.25, 0.3) is 6.43 Å². The highest BCUT2D eigenvalue weighted by molar-refractivity contribution is 5.81. The van der Waals surface area contributed by atoms with Crippen LogP contribution >= 0.6 is 0 Å². The highest BCUT2D eigenvalue weighted by Crippen LogP contribution is 2.14. The first-order valence-electron chi connectivity index (χ1n) is 3.92. The molecule has 1 nitrogen and oxygen atoms in total. The predicted octanol–water partition coefficient (Wildman–Crippen LogP) is 2.65. The van der Waals surface area contributed by atoms with Gasteiger partial charge in [0.05, 0.1) is 0 Å². The first-order chi connectivity index (χ1) is 5.11. The largest absolute Gasteiger partial charge is 0.295 e. The van der Waals surface area contributed by atoms with Crippen molar-refractivity contribution >= 4 is 5.78 Å². The minimum absolute atomic E-state index is 0.0324. The Morgan fingerprint density at radius 3 is 2.00 bits per heavy atom. The first-order valence-corrected chi connectivity index (χ1v) is 3.92. The van der Waals surface area contributed by atoms with E-state index in [1.54, 1.807) is 0 Å². The summed E-state index contributed by atoms with van der Waals surface area (Å²) in [4.78, 5) is 10.5. The lowest BCUT2D eigenvalue weighted by Crippen LogP contribution is -2.14. The van der Waals surface area contributed by atoms with E-state index in [2.05, 4.69) is 0 Å². The van der Waals surface area contributed by atoms with Gasteiger partial charge >= 0.3 is 0 Å². The maximum atomic E-state index is 11.7. The molecule has 0 rings (SSSR count). The van der Waals surface area contributed by atoms with Crippen LogP contribution in [-0.2, 0) is 4.79 Å². The number of halogens is 2. The van der Waals surface area contributed by atoms with Crippen LogP contribution in [0.15, 0.2) is 0 Å². The van der Waals surface area contributed by atoms with Crippen molar-refractivity contribution in [1.82, 2.24) is 0 Å². The van der Waals surface area contributed by atoms with E-state index in [1.165, 1.54) is 0 Å². The molecule has 0 aliphatic rings. The van der Waals surface area contributed by atoms with Gasteiger partial charge in [0.2, 0.25) is 0 Å². The Bertz CT molecular complexity index is 119. The molecule has 0 atom stereocenters. The molecule has 0 saturated heterocycles. The average molecular weight is 164 g/mol. The van der Waals surface area contributed by atoms with Crippen LogP contribution in [0, 0.1) is 5.92 Å². The van der Waals surface area contributed by atoms with Crippen LogP contribution in [0.1, 0.15) is 33.1 Å². The van der Waals surface area contributed by atoms with Gasteiger partial charge in [0.15, 0.2) is 5.78 Å². The molecule has 0 N–H and O–H groups in total. The summed E-state index contributed by atoms with van der Waals surface area (Å²) >= 11 is 0. The molecule has 0 aliphatic carbocycles. The second-order valence-corrected chi connectivity index (χ2v) is 2.65. The van der Waals surface area contributed by atoms with Crippen molar-refractivity contribution in [3.05, 3.63) is 0 Å². The molecule has 0 amide bonds. The summed E-state index contributed by atoms with van der Waals surface area (Å²) in [5.74, 6) is -0.782. The number of alkyl halides is 2. The second-order valence-electron chi connectivity index (χ2n) is 2.65. The molecule has 0 radical (unpaired) electrons. The summed E-state index contributed by atoms with van der Waals surface area (Å²) in [5.41, 5.74) is 0. The van der Waals surface area contributed by atoms with Gasteiger partial charge in [-0.25, -0.2) is 8.78 Å². The van der Waals surface area contributed by atoms with Gasteiger partial charge < -0.3 is 0 Å². The molecule has 0 heterocycles. The topological polar surface area (TPSA) is 17.1 Å². The van der Waals surface area contributed by atoms with Gasteiger partial charge in [0.1, 0.15) is 0 Å². The standard InChI is InChI=1S/C8H14F2O/c1-3-6(4-2)5-7(11)8(9)10/h6,8H,3-5H2,1-2H3. The SMILES string of the molecule is CCC(CC)CC(=O)C(F)F. The van der Waals surface area contributed by atoms with Gasteiger partial charge in [-0.2, -0.15) is 0 Å². The van der Waals surface area contributed by atoms with Crippen LogP contribution in [0.2, 0.25) is 0 Å². The Balaban J connectivity index is 3.72. The highest BCUT2D eigenvalue weighted by atomic mass is 19.3. The third-order valence-corrected chi connectivity index (χ3v) is 1.89. The molecule has 0 bridgehead atoms. The predicted molar refractivity (Wildman–Crippen MR) is 39.7 cm³/mol. The van der Waals surface area contributed by atoms with Crippen LogP contribution in [0.3, 0.4) is 0 Å². The molecular formula is C8H14F2O. The van der Waals surface area contributed by atoms with Crippen molar-refractivity contribution < 1.29 is 13.6 Å². The minimum atomic E-state index is -2.78. The number of hydrogen-bond acceptors (Lipinski definition) is 1. The van der Waals surface area contributed by atoms with E-state index >= 15 is 0 Å². The average Bonchev–Trinajstić information content (AvgIpc) is 1.99.